The molecule has 0 bridgehead atoms. The molecule has 0 aliphatic carbocycles. The fraction of sp³-hybridized carbons (Fsp3) is 0.750. The van der Waals surface area contributed by atoms with Crippen LogP contribution in [0.3, 0.4) is 0 Å². The van der Waals surface area contributed by atoms with Gasteiger partial charge in [0, 0.05) is 19.0 Å². The van der Waals surface area contributed by atoms with Crippen molar-refractivity contribution in [1.82, 2.24) is 9.97 Å². The lowest BCUT2D eigenvalue weighted by atomic mass is 9.86. The topological polar surface area (TPSA) is 70.1 Å². The van der Waals surface area contributed by atoms with Gasteiger partial charge in [-0.05, 0) is 40.5 Å². The van der Waals surface area contributed by atoms with Crippen molar-refractivity contribution in [3.8, 4) is 0 Å². The molecule has 1 aromatic rings. The summed E-state index contributed by atoms with van der Waals surface area (Å²) >= 11 is 0. The summed E-state index contributed by atoms with van der Waals surface area (Å²) in [5.74, 6) is 2.41. The average molecular weight is 294 g/mol. The number of nitrogens with zero attached hydrogens (tertiary/aromatic N) is 2. The molecule has 0 amide bonds. The van der Waals surface area contributed by atoms with E-state index in [1.807, 2.05) is 19.9 Å². The van der Waals surface area contributed by atoms with Gasteiger partial charge in [0.15, 0.2) is 0 Å². The van der Waals surface area contributed by atoms with Gasteiger partial charge in [-0.1, -0.05) is 13.8 Å². The summed E-state index contributed by atoms with van der Waals surface area (Å²) in [6.07, 6.45) is 2.90. The number of aliphatic hydroxyl groups is 1. The average Bonchev–Trinajstić information content (AvgIpc) is 2.34. The van der Waals surface area contributed by atoms with Crippen LogP contribution >= 0.6 is 0 Å². The highest BCUT2D eigenvalue weighted by molar-refractivity contribution is 5.49. The van der Waals surface area contributed by atoms with Gasteiger partial charge in [0.25, 0.3) is 0 Å². The van der Waals surface area contributed by atoms with Crippen LogP contribution in [0.1, 0.15) is 60.2 Å². The zero-order valence-electron chi connectivity index (χ0n) is 14.2. The van der Waals surface area contributed by atoms with Gasteiger partial charge in [0.1, 0.15) is 17.5 Å². The molecule has 0 unspecified atom stereocenters. The Balaban J connectivity index is 3.02. The van der Waals surface area contributed by atoms with E-state index in [0.717, 1.165) is 43.3 Å². The lowest BCUT2D eigenvalue weighted by molar-refractivity contribution is 0.0238. The molecule has 0 radical (unpaired) electrons. The molecule has 0 aliphatic rings. The Hall–Kier alpha value is -1.36. The summed E-state index contributed by atoms with van der Waals surface area (Å²) in [6.45, 7) is 12.6. The van der Waals surface area contributed by atoms with E-state index in [2.05, 4.69) is 34.4 Å². The number of hydrogen-bond donors (Lipinski definition) is 3. The number of rotatable bonds is 8. The Morgan fingerprint density at radius 3 is 2.19 bits per heavy atom. The number of nitrogens with one attached hydrogen (secondary N) is 2. The zero-order valence-corrected chi connectivity index (χ0v) is 14.2. The van der Waals surface area contributed by atoms with Gasteiger partial charge in [-0.25, -0.2) is 9.97 Å². The predicted octanol–water partition coefficient (Wildman–Crippen LogP) is 3.21. The highest BCUT2D eigenvalue weighted by Crippen LogP contribution is 2.26. The van der Waals surface area contributed by atoms with Crippen LogP contribution < -0.4 is 10.6 Å². The molecule has 0 saturated carbocycles. The molecule has 0 atom stereocenters. The minimum absolute atomic E-state index is 0.493. The number of aryl methyl sites for hydroxylation is 1. The predicted molar refractivity (Wildman–Crippen MR) is 88.8 cm³/mol. The largest absolute Gasteiger partial charge is 0.388 e. The number of anilines is 2. The van der Waals surface area contributed by atoms with Crippen LogP contribution in [0, 0.1) is 0 Å². The van der Waals surface area contributed by atoms with Crippen molar-refractivity contribution in [2.45, 2.75) is 71.9 Å². The second kappa shape index (κ2) is 7.07. The van der Waals surface area contributed by atoms with Gasteiger partial charge in [-0.2, -0.15) is 0 Å². The third kappa shape index (κ3) is 5.16. The molecule has 3 N–H and O–H groups in total. The van der Waals surface area contributed by atoms with Crippen molar-refractivity contribution in [3.63, 3.8) is 0 Å². The van der Waals surface area contributed by atoms with Gasteiger partial charge in [-0.3, -0.25) is 0 Å². The van der Waals surface area contributed by atoms with E-state index >= 15 is 0 Å². The second-order valence-electron chi connectivity index (χ2n) is 6.54. The van der Waals surface area contributed by atoms with E-state index in [9.17, 15) is 5.11 Å². The van der Waals surface area contributed by atoms with E-state index < -0.39 is 11.1 Å². The first-order valence-corrected chi connectivity index (χ1v) is 7.82. The Labute approximate surface area is 128 Å². The van der Waals surface area contributed by atoms with E-state index in [1.165, 1.54) is 0 Å². The van der Waals surface area contributed by atoms with E-state index in [1.54, 1.807) is 13.8 Å². The normalized spacial score (nSPS) is 12.3. The molecule has 5 heteroatoms. The maximum Gasteiger partial charge on any atom is 0.133 e. The van der Waals surface area contributed by atoms with Crippen molar-refractivity contribution < 1.29 is 5.11 Å². The summed E-state index contributed by atoms with van der Waals surface area (Å²) < 4.78 is 0. The van der Waals surface area contributed by atoms with Gasteiger partial charge in [0.2, 0.25) is 0 Å². The molecule has 1 rings (SSSR count). The molecule has 120 valence electrons. The molecule has 0 saturated heterocycles. The minimum atomic E-state index is -0.861. The SMILES string of the molecule is CCCNc1cc(NC(C)(C)C(C)(C)O)nc(CCC)n1. The van der Waals surface area contributed by atoms with Crippen molar-refractivity contribution >= 4 is 11.6 Å². The third-order valence-electron chi connectivity index (χ3n) is 3.77. The van der Waals surface area contributed by atoms with E-state index in [4.69, 9.17) is 0 Å². The molecule has 1 heterocycles. The Morgan fingerprint density at radius 1 is 1.05 bits per heavy atom. The molecular formula is C16H30N4O. The third-order valence-corrected chi connectivity index (χ3v) is 3.77. The lowest BCUT2D eigenvalue weighted by Crippen LogP contribution is -2.51. The number of aromatic nitrogens is 2. The van der Waals surface area contributed by atoms with Crippen LogP contribution in [-0.2, 0) is 6.42 Å². The van der Waals surface area contributed by atoms with Crippen LogP contribution in [0.5, 0.6) is 0 Å². The van der Waals surface area contributed by atoms with Gasteiger partial charge in [-0.15, -0.1) is 0 Å². The molecular weight excluding hydrogens is 264 g/mol. The fourth-order valence-corrected chi connectivity index (χ4v) is 1.71. The van der Waals surface area contributed by atoms with Gasteiger partial charge >= 0.3 is 0 Å². The quantitative estimate of drug-likeness (QED) is 0.687. The first-order chi connectivity index (χ1) is 9.69. The van der Waals surface area contributed by atoms with E-state index in [-0.39, 0.29) is 0 Å². The molecule has 0 aromatic carbocycles. The van der Waals surface area contributed by atoms with E-state index in [0.29, 0.717) is 0 Å². The first-order valence-electron chi connectivity index (χ1n) is 7.82. The highest BCUT2D eigenvalue weighted by atomic mass is 16.3. The maximum absolute atomic E-state index is 10.3. The maximum atomic E-state index is 10.3. The molecule has 0 aliphatic heterocycles. The smallest absolute Gasteiger partial charge is 0.133 e. The monoisotopic (exact) mass is 294 g/mol. The molecule has 21 heavy (non-hydrogen) atoms. The summed E-state index contributed by atoms with van der Waals surface area (Å²) in [4.78, 5) is 9.08. The Morgan fingerprint density at radius 2 is 1.67 bits per heavy atom. The number of hydrogen-bond acceptors (Lipinski definition) is 5. The Kier molecular flexibility index (Phi) is 5.96. The van der Waals surface area contributed by atoms with Crippen molar-refractivity contribution in [3.05, 3.63) is 11.9 Å². The molecule has 0 fully saturated rings. The van der Waals surface area contributed by atoms with Crippen LogP contribution in [-0.4, -0.2) is 32.8 Å². The van der Waals surface area contributed by atoms with Gasteiger partial charge in [0.05, 0.1) is 11.1 Å². The van der Waals surface area contributed by atoms with Gasteiger partial charge < -0.3 is 15.7 Å². The van der Waals surface area contributed by atoms with Crippen LogP contribution in [0.4, 0.5) is 11.6 Å². The minimum Gasteiger partial charge on any atom is -0.388 e. The zero-order chi connectivity index (χ0) is 16.1. The summed E-state index contributed by atoms with van der Waals surface area (Å²) in [5, 5.41) is 16.9. The summed E-state index contributed by atoms with van der Waals surface area (Å²) in [6, 6.07) is 1.91. The summed E-state index contributed by atoms with van der Waals surface area (Å²) in [7, 11) is 0. The van der Waals surface area contributed by atoms with Crippen molar-refractivity contribution in [1.29, 1.82) is 0 Å². The Bertz CT molecular complexity index is 452. The lowest BCUT2D eigenvalue weighted by Gasteiger charge is -2.38. The van der Waals surface area contributed by atoms with Crippen LogP contribution in [0.15, 0.2) is 6.07 Å². The first kappa shape index (κ1) is 17.7. The standard InChI is InChI=1S/C16H30N4O/c1-7-9-12-18-13(17-10-8-2)11-14(19-12)20-15(3,4)16(5,6)21/h11,21H,7-10H2,1-6H3,(H2,17,18,19,20). The summed E-state index contributed by atoms with van der Waals surface area (Å²) in [5.41, 5.74) is -1.35. The molecule has 0 spiro atoms. The molecule has 1 aromatic heterocycles. The second-order valence-corrected chi connectivity index (χ2v) is 6.54. The molecule has 5 nitrogen and oxygen atoms in total. The van der Waals surface area contributed by atoms with Crippen molar-refractivity contribution in [2.75, 3.05) is 17.2 Å². The highest BCUT2D eigenvalue weighted by Gasteiger charge is 2.35. The van der Waals surface area contributed by atoms with Crippen LogP contribution in [0.2, 0.25) is 0 Å². The fourth-order valence-electron chi connectivity index (χ4n) is 1.71. The van der Waals surface area contributed by atoms with Crippen molar-refractivity contribution in [2.24, 2.45) is 0 Å². The van der Waals surface area contributed by atoms with Crippen LogP contribution in [0.25, 0.3) is 0 Å².